The number of benzene rings is 1. The van der Waals surface area contributed by atoms with E-state index in [4.69, 9.17) is 11.6 Å². The smallest absolute Gasteiger partial charge is 0.247 e. The number of hydrogen-bond acceptors (Lipinski definition) is 3. The van der Waals surface area contributed by atoms with Crippen molar-refractivity contribution in [2.75, 3.05) is 7.05 Å². The van der Waals surface area contributed by atoms with Crippen molar-refractivity contribution < 1.29 is 4.79 Å². The van der Waals surface area contributed by atoms with Gasteiger partial charge in [0.1, 0.15) is 6.04 Å². The largest absolute Gasteiger partial charge is 0.329 e. The molecule has 1 aromatic heterocycles. The first kappa shape index (κ1) is 16.2. The lowest BCUT2D eigenvalue weighted by Gasteiger charge is -2.27. The number of rotatable bonds is 4. The van der Waals surface area contributed by atoms with E-state index in [0.29, 0.717) is 10.7 Å². The van der Waals surface area contributed by atoms with Crippen LogP contribution in [0.5, 0.6) is 0 Å². The molecule has 1 aromatic carbocycles. The molecule has 1 heterocycles. The molecule has 0 saturated carbocycles. The van der Waals surface area contributed by atoms with Crippen molar-refractivity contribution in [2.24, 2.45) is 0 Å². The molecule has 1 amide bonds. The number of aromatic nitrogens is 2. The summed E-state index contributed by atoms with van der Waals surface area (Å²) in [5, 5.41) is 0.653. The third kappa shape index (κ3) is 3.92. The minimum absolute atomic E-state index is 0.0781. The molecule has 1 atom stereocenters. The van der Waals surface area contributed by atoms with Gasteiger partial charge in [-0.2, -0.15) is 0 Å². The molecule has 0 bridgehead atoms. The average molecular weight is 316 g/mol. The summed E-state index contributed by atoms with van der Waals surface area (Å²) in [6.45, 7) is 3.79. The van der Waals surface area contributed by atoms with E-state index < -0.39 is 0 Å². The van der Waals surface area contributed by atoms with E-state index in [1.807, 2.05) is 26.0 Å². The minimum atomic E-state index is -0.311. The molecule has 4 nitrogen and oxygen atoms in total. The van der Waals surface area contributed by atoms with E-state index in [2.05, 4.69) is 9.97 Å². The first-order chi connectivity index (χ1) is 10.5. The van der Waals surface area contributed by atoms with Gasteiger partial charge in [-0.05, 0) is 31.5 Å². The van der Waals surface area contributed by atoms with Crippen LogP contribution in [0.4, 0.5) is 0 Å². The zero-order valence-corrected chi connectivity index (χ0v) is 13.6. The van der Waals surface area contributed by atoms with E-state index in [0.717, 1.165) is 11.1 Å². The van der Waals surface area contributed by atoms with Gasteiger partial charge < -0.3 is 4.90 Å². The van der Waals surface area contributed by atoms with Crippen LogP contribution in [-0.4, -0.2) is 27.8 Å². The highest BCUT2D eigenvalue weighted by Crippen LogP contribution is 2.27. The zero-order chi connectivity index (χ0) is 16.1. The summed E-state index contributed by atoms with van der Waals surface area (Å²) in [4.78, 5) is 22.5. The van der Waals surface area contributed by atoms with Gasteiger partial charge in [-0.1, -0.05) is 29.3 Å². The van der Waals surface area contributed by atoms with Crippen LogP contribution in [0.15, 0.2) is 54.5 Å². The minimum Gasteiger partial charge on any atom is -0.329 e. The lowest BCUT2D eigenvalue weighted by Crippen LogP contribution is -2.31. The predicted molar refractivity (Wildman–Crippen MR) is 87.5 cm³/mol. The Hall–Kier alpha value is -2.20. The quantitative estimate of drug-likeness (QED) is 0.809. The lowest BCUT2D eigenvalue weighted by molar-refractivity contribution is -0.126. The summed E-state index contributed by atoms with van der Waals surface area (Å²) in [5.41, 5.74) is 2.59. The fraction of sp³-hybridized carbons (Fsp3) is 0.235. The molecule has 0 spiro atoms. The number of halogens is 1. The molecule has 0 fully saturated rings. The van der Waals surface area contributed by atoms with Crippen molar-refractivity contribution in [1.29, 1.82) is 0 Å². The summed E-state index contributed by atoms with van der Waals surface area (Å²) in [6.07, 6.45) is 6.52. The summed E-state index contributed by atoms with van der Waals surface area (Å²) >= 11 is 5.96. The van der Waals surface area contributed by atoms with E-state index in [1.54, 1.807) is 48.7 Å². The molecule has 22 heavy (non-hydrogen) atoms. The average Bonchev–Trinajstić information content (AvgIpc) is 2.50. The SMILES string of the molecule is CC(C)=CC(=O)N(C)[C@H](c1ccc(Cl)cc1)c1cnccn1. The van der Waals surface area contributed by atoms with Gasteiger partial charge in [0.05, 0.1) is 11.9 Å². The second kappa shape index (κ2) is 7.18. The van der Waals surface area contributed by atoms with Crippen LogP contribution in [-0.2, 0) is 4.79 Å². The predicted octanol–water partition coefficient (Wildman–Crippen LogP) is 3.64. The van der Waals surface area contributed by atoms with Gasteiger partial charge in [0.15, 0.2) is 0 Å². The van der Waals surface area contributed by atoms with Crippen LogP contribution in [0.2, 0.25) is 5.02 Å². The first-order valence-electron chi connectivity index (χ1n) is 6.92. The normalized spacial score (nSPS) is 11.6. The van der Waals surface area contributed by atoms with E-state index >= 15 is 0 Å². The molecule has 2 rings (SSSR count). The number of allylic oxidation sites excluding steroid dienone is 1. The van der Waals surface area contributed by atoms with Crippen LogP contribution < -0.4 is 0 Å². The van der Waals surface area contributed by atoms with Gasteiger partial charge >= 0.3 is 0 Å². The van der Waals surface area contributed by atoms with E-state index in [1.165, 1.54) is 0 Å². The molecule has 0 aliphatic heterocycles. The summed E-state index contributed by atoms with van der Waals surface area (Å²) in [5.74, 6) is -0.0781. The number of amides is 1. The molecule has 0 radical (unpaired) electrons. The Morgan fingerprint density at radius 2 is 1.91 bits per heavy atom. The van der Waals surface area contributed by atoms with Crippen LogP contribution in [0.1, 0.15) is 31.1 Å². The maximum absolute atomic E-state index is 12.4. The highest BCUT2D eigenvalue weighted by molar-refractivity contribution is 6.30. The highest BCUT2D eigenvalue weighted by Gasteiger charge is 2.23. The number of carbonyl (C=O) groups is 1. The van der Waals surface area contributed by atoms with Crippen molar-refractivity contribution in [2.45, 2.75) is 19.9 Å². The fourth-order valence-corrected chi connectivity index (χ4v) is 2.29. The van der Waals surface area contributed by atoms with Gasteiger partial charge in [0.2, 0.25) is 5.91 Å². The third-order valence-corrected chi connectivity index (χ3v) is 3.45. The van der Waals surface area contributed by atoms with Gasteiger partial charge in [0.25, 0.3) is 0 Å². The molecule has 114 valence electrons. The van der Waals surface area contributed by atoms with Crippen LogP contribution in [0, 0.1) is 0 Å². The molecule has 5 heteroatoms. The zero-order valence-electron chi connectivity index (χ0n) is 12.8. The molecular weight excluding hydrogens is 298 g/mol. The van der Waals surface area contributed by atoms with E-state index in [9.17, 15) is 4.79 Å². The Kier molecular flexibility index (Phi) is 5.28. The van der Waals surface area contributed by atoms with Gasteiger partial charge in [-0.15, -0.1) is 0 Å². The molecule has 0 aliphatic rings. The third-order valence-electron chi connectivity index (χ3n) is 3.20. The Morgan fingerprint density at radius 1 is 1.23 bits per heavy atom. The van der Waals surface area contributed by atoms with Crippen molar-refractivity contribution in [3.63, 3.8) is 0 Å². The van der Waals surface area contributed by atoms with Gasteiger partial charge in [0, 0.05) is 30.5 Å². The van der Waals surface area contributed by atoms with Crippen LogP contribution >= 0.6 is 11.6 Å². The Balaban J connectivity index is 2.44. The maximum atomic E-state index is 12.4. The monoisotopic (exact) mass is 315 g/mol. The number of carbonyl (C=O) groups excluding carboxylic acids is 1. The molecule has 0 saturated heterocycles. The highest BCUT2D eigenvalue weighted by atomic mass is 35.5. The summed E-state index contributed by atoms with van der Waals surface area (Å²) < 4.78 is 0. The van der Waals surface area contributed by atoms with Gasteiger partial charge in [-0.3, -0.25) is 14.8 Å². The standard InChI is InChI=1S/C17H18ClN3O/c1-12(2)10-16(22)21(3)17(15-11-19-8-9-20-15)13-4-6-14(18)7-5-13/h4-11,17H,1-3H3/t17-/m1/s1. The molecule has 0 aliphatic carbocycles. The van der Waals surface area contributed by atoms with Crippen molar-refractivity contribution in [1.82, 2.24) is 14.9 Å². The number of nitrogens with zero attached hydrogens (tertiary/aromatic N) is 3. The molecule has 0 unspecified atom stereocenters. The van der Waals surface area contributed by atoms with Crippen LogP contribution in [0.25, 0.3) is 0 Å². The number of hydrogen-bond donors (Lipinski definition) is 0. The Morgan fingerprint density at radius 3 is 2.45 bits per heavy atom. The van der Waals surface area contributed by atoms with Crippen LogP contribution in [0.3, 0.4) is 0 Å². The molecular formula is C17H18ClN3O. The Labute approximate surface area is 135 Å². The summed E-state index contributed by atoms with van der Waals surface area (Å²) in [6, 6.07) is 7.09. The topological polar surface area (TPSA) is 46.1 Å². The van der Waals surface area contributed by atoms with Crippen molar-refractivity contribution in [3.05, 3.63) is 70.8 Å². The van der Waals surface area contributed by atoms with Gasteiger partial charge in [-0.25, -0.2) is 0 Å². The maximum Gasteiger partial charge on any atom is 0.247 e. The second-order valence-electron chi connectivity index (χ2n) is 5.26. The van der Waals surface area contributed by atoms with E-state index in [-0.39, 0.29) is 11.9 Å². The fourth-order valence-electron chi connectivity index (χ4n) is 2.17. The van der Waals surface area contributed by atoms with Crippen molar-refractivity contribution >= 4 is 17.5 Å². The molecule has 2 aromatic rings. The molecule has 0 N–H and O–H groups in total. The second-order valence-corrected chi connectivity index (χ2v) is 5.69. The lowest BCUT2D eigenvalue weighted by atomic mass is 10.0. The van der Waals surface area contributed by atoms with Crippen molar-refractivity contribution in [3.8, 4) is 0 Å². The number of likely N-dealkylation sites (N-methyl/N-ethyl adjacent to an activating group) is 1. The Bertz CT molecular complexity index is 664. The first-order valence-corrected chi connectivity index (χ1v) is 7.30. The summed E-state index contributed by atoms with van der Waals surface area (Å²) in [7, 11) is 1.76.